The second kappa shape index (κ2) is 29.6. The number of cyclic esters (lactones) is 2. The lowest BCUT2D eigenvalue weighted by Crippen LogP contribution is -2.36. The Kier molecular flexibility index (Phi) is 20.9. The molecular formula is C83H97N9O10. The number of carbonyl (C=O) groups is 5. The molecule has 0 spiro atoms. The largest absolute Gasteiger partial charge is 0.459 e. The fourth-order valence-electron chi connectivity index (χ4n) is 18.6. The smallest absolute Gasteiger partial charge is 0.309 e. The third-order valence-corrected chi connectivity index (χ3v) is 23.7. The number of esters is 2. The highest BCUT2D eigenvalue weighted by Crippen LogP contribution is 2.43. The number of hydrogen-bond donors (Lipinski definition) is 2. The van der Waals surface area contributed by atoms with E-state index in [-0.39, 0.29) is 71.5 Å². The molecule has 9 aliphatic rings. The summed E-state index contributed by atoms with van der Waals surface area (Å²) in [5.74, 6) is 1.03. The van der Waals surface area contributed by atoms with E-state index in [0.717, 1.165) is 141 Å². The van der Waals surface area contributed by atoms with Gasteiger partial charge in [0.05, 0.1) is 91.8 Å². The van der Waals surface area contributed by atoms with Gasteiger partial charge in [-0.3, -0.25) is 38.7 Å². The summed E-state index contributed by atoms with van der Waals surface area (Å²) < 4.78 is 22.7. The second-order valence-corrected chi connectivity index (χ2v) is 31.6. The normalized spacial score (nSPS) is 26.6. The van der Waals surface area contributed by atoms with Gasteiger partial charge >= 0.3 is 11.9 Å². The number of benzene rings is 3. The van der Waals surface area contributed by atoms with Gasteiger partial charge < -0.3 is 38.1 Å². The van der Waals surface area contributed by atoms with Gasteiger partial charge in [0.2, 0.25) is 0 Å². The number of Topliss-reactive ketones (excluding diaryl/α,β-unsaturated/α-hetero) is 3. The van der Waals surface area contributed by atoms with Gasteiger partial charge in [0.15, 0.2) is 17.3 Å². The standard InChI is InChI=1S/C29H35N3O4.C29H33N3O4.C25H29N3O2/c2*1-18-24(27(34)17-31-22-11-12-25(31)26(33)14-22)13-23(32(18)21-9-7-19(16-30)8-10-21)6-4-5-20-15-29(2,3)36-28(20)35;1-16-9-21-7-8-24(16)27(21)13-25(29)23-11-22(10-19-14-30-15-19)28(17(23)2)20-5-3-18(12-26)4-6-20/h7-10,13,20,22,25-26,33H,4-6,11-12,14-15,17H2,1-3H3;4,6-10,13,20,22,25-26,33H,5,11-12,14-15,17H2,1-3H3;3-6,11,16,19,21,24H,7-10,13-15H2,1-2H3/b;6-4+;/t2*20?,22?,25?,26-;16-,21?,24?/m000/s1. The number of rotatable bonds is 21. The number of nitriles is 3. The molecule has 6 bridgehead atoms. The van der Waals surface area contributed by atoms with Gasteiger partial charge in [-0.1, -0.05) is 13.0 Å². The average molecular weight is 1380 g/mol. The summed E-state index contributed by atoms with van der Waals surface area (Å²) in [6.07, 6.45) is 17.6. The number of aromatic nitrogens is 3. The molecule has 9 fully saturated rings. The van der Waals surface area contributed by atoms with Crippen molar-refractivity contribution in [2.75, 3.05) is 32.8 Å². The van der Waals surface area contributed by atoms with Gasteiger partial charge in [-0.15, -0.1) is 0 Å². The van der Waals surface area contributed by atoms with Crippen LogP contribution in [0.2, 0.25) is 0 Å². The number of fused-ring (bicyclic) bond motifs is 6. The van der Waals surface area contributed by atoms with E-state index >= 15 is 0 Å². The first-order valence-electron chi connectivity index (χ1n) is 37.0. The second-order valence-electron chi connectivity index (χ2n) is 31.6. The van der Waals surface area contributed by atoms with Crippen molar-refractivity contribution in [2.45, 2.75) is 218 Å². The lowest BCUT2D eigenvalue weighted by molar-refractivity contribution is -0.149. The van der Waals surface area contributed by atoms with Crippen molar-refractivity contribution in [1.29, 1.82) is 15.8 Å². The zero-order chi connectivity index (χ0) is 72.1. The molecule has 9 aliphatic heterocycles. The Morgan fingerprint density at radius 1 is 0.549 bits per heavy atom. The molecule has 19 nitrogen and oxygen atoms in total. The molecule has 534 valence electrons. The number of aliphatic hydroxyl groups is 2. The summed E-state index contributed by atoms with van der Waals surface area (Å²) in [7, 11) is 0. The van der Waals surface area contributed by atoms with Crippen LogP contribution in [0.3, 0.4) is 0 Å². The van der Waals surface area contributed by atoms with Crippen molar-refractivity contribution in [1.82, 2.24) is 28.4 Å². The Morgan fingerprint density at radius 2 is 0.961 bits per heavy atom. The number of allylic oxidation sites excluding steroid dienone is 1. The van der Waals surface area contributed by atoms with E-state index in [0.29, 0.717) is 90.3 Å². The zero-order valence-electron chi connectivity index (χ0n) is 60.3. The highest BCUT2D eigenvalue weighted by Gasteiger charge is 2.49. The molecule has 9 saturated heterocycles. The van der Waals surface area contributed by atoms with Gasteiger partial charge in [0, 0.05) is 117 Å². The third-order valence-electron chi connectivity index (χ3n) is 23.7. The molecule has 0 aliphatic carbocycles. The quantitative estimate of drug-likeness (QED) is 0.0502. The van der Waals surface area contributed by atoms with Gasteiger partial charge in [-0.2, -0.15) is 15.8 Å². The van der Waals surface area contributed by atoms with Crippen molar-refractivity contribution < 1.29 is 48.4 Å². The van der Waals surface area contributed by atoms with Crippen LogP contribution in [0.15, 0.2) is 97.1 Å². The molecule has 0 saturated carbocycles. The first-order valence-corrected chi connectivity index (χ1v) is 37.0. The molecule has 15 rings (SSSR count). The Labute approximate surface area is 599 Å². The summed E-state index contributed by atoms with van der Waals surface area (Å²) in [6.45, 7) is 18.8. The predicted octanol–water partition coefficient (Wildman–Crippen LogP) is 12.2. The van der Waals surface area contributed by atoms with Crippen molar-refractivity contribution >= 4 is 35.4 Å². The average Bonchev–Trinajstić information content (AvgIpc) is 1.62. The number of aliphatic hydroxyl groups excluding tert-OH is 2. The van der Waals surface area contributed by atoms with Crippen LogP contribution in [0.25, 0.3) is 23.1 Å². The molecule has 8 unspecified atom stereocenters. The Hall–Kier alpha value is -8.58. The Morgan fingerprint density at radius 3 is 1.35 bits per heavy atom. The van der Waals surface area contributed by atoms with Crippen LogP contribution >= 0.6 is 0 Å². The van der Waals surface area contributed by atoms with Crippen LogP contribution in [0.5, 0.6) is 0 Å². The topological polar surface area (TPSA) is 249 Å². The van der Waals surface area contributed by atoms with Crippen LogP contribution in [-0.4, -0.2) is 160 Å². The summed E-state index contributed by atoms with van der Waals surface area (Å²) in [5.41, 5.74) is 11.7. The van der Waals surface area contributed by atoms with Gasteiger partial charge in [-0.25, -0.2) is 0 Å². The first-order chi connectivity index (χ1) is 48.9. The highest BCUT2D eigenvalue weighted by molar-refractivity contribution is 6.01. The minimum atomic E-state index is -0.433. The maximum atomic E-state index is 13.5. The molecule has 2 N–H and O–H groups in total. The number of aryl methyl sites for hydroxylation is 1. The van der Waals surface area contributed by atoms with Gasteiger partial charge in [-0.05, 0) is 248 Å². The van der Waals surface area contributed by atoms with Crippen molar-refractivity contribution in [3.63, 3.8) is 0 Å². The number of carbonyl (C=O) groups excluding carboxylic acids is 5. The van der Waals surface area contributed by atoms with Crippen molar-refractivity contribution in [3.8, 4) is 35.3 Å². The summed E-state index contributed by atoms with van der Waals surface area (Å²) >= 11 is 0. The monoisotopic (exact) mass is 1380 g/mol. The number of ether oxygens (including phenoxy) is 3. The van der Waals surface area contributed by atoms with Crippen molar-refractivity contribution in [3.05, 3.63) is 165 Å². The predicted molar refractivity (Wildman–Crippen MR) is 385 cm³/mol. The fourth-order valence-corrected chi connectivity index (χ4v) is 18.6. The van der Waals surface area contributed by atoms with E-state index in [1.807, 2.05) is 126 Å². The minimum Gasteiger partial charge on any atom is -0.459 e. The minimum absolute atomic E-state index is 0.0432. The van der Waals surface area contributed by atoms with E-state index in [4.69, 9.17) is 19.5 Å². The lowest BCUT2D eigenvalue weighted by atomic mass is 9.91. The molecule has 0 amide bonds. The molecular weight excluding hydrogens is 1280 g/mol. The fraction of sp³-hybridized carbons (Fsp3) is 0.518. The van der Waals surface area contributed by atoms with Gasteiger partial charge in [0.1, 0.15) is 11.2 Å². The van der Waals surface area contributed by atoms with Gasteiger partial charge in [0.25, 0.3) is 0 Å². The molecule has 3 aromatic heterocycles. The zero-order valence-corrected chi connectivity index (χ0v) is 60.3. The molecule has 0 radical (unpaired) electrons. The van der Waals surface area contributed by atoms with Crippen LogP contribution in [-0.2, 0) is 36.6 Å². The van der Waals surface area contributed by atoms with E-state index < -0.39 is 11.2 Å². The van der Waals surface area contributed by atoms with E-state index in [1.165, 1.54) is 19.3 Å². The summed E-state index contributed by atoms with van der Waals surface area (Å²) in [5, 5.41) is 48.1. The maximum absolute atomic E-state index is 13.5. The SMILES string of the molecule is Cc1c(C(=O)CN2C3CCC2[C@@H](C)C3)cc(CC2COC2)n1-c1ccc(C#N)cc1.Cc1c(C(=O)CN2C3CCC2[C@@H](O)C3)cc(/C=C/CC2CC(C)(C)OC2=O)n1-c1ccc(C#N)cc1.Cc1c(C(=O)CN2C3CCC2[C@@H](O)C3)cc(CCCC2CC(C)(C)OC2=O)n1-c1ccc(C#N)cc1. The van der Waals surface area contributed by atoms with Crippen LogP contribution in [0, 0.1) is 78.4 Å². The van der Waals surface area contributed by atoms with Crippen LogP contribution in [0.4, 0.5) is 0 Å². The van der Waals surface area contributed by atoms with E-state index in [1.54, 1.807) is 24.3 Å². The molecule has 11 atom stereocenters. The molecule has 3 aromatic carbocycles. The highest BCUT2D eigenvalue weighted by atomic mass is 16.6. The number of hydrogen-bond acceptors (Lipinski definition) is 16. The molecule has 19 heteroatoms. The van der Waals surface area contributed by atoms with Crippen LogP contribution in [0.1, 0.15) is 206 Å². The summed E-state index contributed by atoms with van der Waals surface area (Å²) in [4.78, 5) is 71.7. The Bertz CT molecular complexity index is 4320. The van der Waals surface area contributed by atoms with E-state index in [2.05, 4.69) is 55.0 Å². The molecule has 6 aromatic rings. The van der Waals surface area contributed by atoms with Crippen LogP contribution < -0.4 is 0 Å². The van der Waals surface area contributed by atoms with Crippen molar-refractivity contribution in [2.24, 2.45) is 23.7 Å². The first kappa shape index (κ1) is 71.8. The Balaban J connectivity index is 0.000000137. The number of nitrogens with zero attached hydrogens (tertiary/aromatic N) is 9. The maximum Gasteiger partial charge on any atom is 0.309 e. The third kappa shape index (κ3) is 14.8. The number of ketones is 3. The molecule has 12 heterocycles. The summed E-state index contributed by atoms with van der Waals surface area (Å²) in [6, 6.07) is 36.8. The lowest BCUT2D eigenvalue weighted by Gasteiger charge is -2.26. The molecule has 102 heavy (non-hydrogen) atoms. The van der Waals surface area contributed by atoms with E-state index in [9.17, 15) is 44.7 Å².